The summed E-state index contributed by atoms with van der Waals surface area (Å²) in [5, 5.41) is 0. The van der Waals surface area contributed by atoms with Gasteiger partial charge in [0.05, 0.1) is 24.8 Å². The number of carbonyl (C=O) groups excluding carboxylic acids is 1. The van der Waals surface area contributed by atoms with Gasteiger partial charge in [0.15, 0.2) is 0 Å². The van der Waals surface area contributed by atoms with Crippen molar-refractivity contribution in [2.75, 3.05) is 25.1 Å². The van der Waals surface area contributed by atoms with Crippen LogP contribution in [0.4, 0.5) is 5.69 Å². The first kappa shape index (κ1) is 27.7. The molecule has 8 heteroatoms. The zero-order valence-corrected chi connectivity index (χ0v) is 23.1. The number of benzene rings is 4. The van der Waals surface area contributed by atoms with Gasteiger partial charge < -0.3 is 14.4 Å². The Hall–Kier alpha value is -4.30. The second-order valence-corrected chi connectivity index (χ2v) is 10.9. The van der Waals surface area contributed by atoms with Crippen LogP contribution in [-0.2, 0) is 27.9 Å². The molecule has 7 nitrogen and oxygen atoms in total. The normalized spacial score (nSPS) is 11.1. The van der Waals surface area contributed by atoms with Crippen LogP contribution in [0, 0.1) is 6.92 Å². The molecule has 0 spiro atoms. The number of amides is 1. The summed E-state index contributed by atoms with van der Waals surface area (Å²) in [6, 6.07) is 30.6. The Labute approximate surface area is 230 Å². The van der Waals surface area contributed by atoms with E-state index in [0.29, 0.717) is 18.8 Å². The molecule has 0 heterocycles. The molecule has 0 fully saturated rings. The Balaban J connectivity index is 1.75. The molecule has 0 atom stereocenters. The van der Waals surface area contributed by atoms with Crippen molar-refractivity contribution in [3.8, 4) is 11.5 Å². The Kier molecular flexibility index (Phi) is 8.88. The minimum absolute atomic E-state index is 0.0800. The summed E-state index contributed by atoms with van der Waals surface area (Å²) in [5.41, 5.74) is 3.05. The van der Waals surface area contributed by atoms with Crippen LogP contribution < -0.4 is 13.8 Å². The lowest BCUT2D eigenvalue weighted by Crippen LogP contribution is -2.42. The predicted molar refractivity (Wildman–Crippen MR) is 152 cm³/mol. The van der Waals surface area contributed by atoms with Crippen molar-refractivity contribution in [3.63, 3.8) is 0 Å². The van der Waals surface area contributed by atoms with Crippen LogP contribution >= 0.6 is 0 Å². The number of carbonyl (C=O) groups is 1. The standard InChI is InChI=1S/C31H32N2O5S/c1-24-14-17-28(18-15-24)39(35,36)33(29-19-16-27(37-2)20-30(29)38-3)23-31(34)32(21-25-10-6-4-7-11-25)22-26-12-8-5-9-13-26/h4-20H,21-23H2,1-3H3. The Morgan fingerprint density at radius 3 is 1.82 bits per heavy atom. The van der Waals surface area contributed by atoms with Gasteiger partial charge in [0, 0.05) is 19.2 Å². The third-order valence-electron chi connectivity index (χ3n) is 6.33. The summed E-state index contributed by atoms with van der Waals surface area (Å²) in [6.45, 7) is 2.12. The number of rotatable bonds is 11. The lowest BCUT2D eigenvalue weighted by atomic mass is 10.1. The highest BCUT2D eigenvalue weighted by Gasteiger charge is 2.31. The Morgan fingerprint density at radius 1 is 0.744 bits per heavy atom. The van der Waals surface area contributed by atoms with E-state index in [4.69, 9.17) is 9.47 Å². The molecule has 39 heavy (non-hydrogen) atoms. The highest BCUT2D eigenvalue weighted by Crippen LogP contribution is 2.35. The molecule has 0 aromatic heterocycles. The van der Waals surface area contributed by atoms with Gasteiger partial charge in [-0.25, -0.2) is 8.42 Å². The topological polar surface area (TPSA) is 76.2 Å². The number of hydrogen-bond donors (Lipinski definition) is 0. The first-order chi connectivity index (χ1) is 18.8. The quantitative estimate of drug-likeness (QED) is 0.252. The molecule has 0 aliphatic heterocycles. The fourth-order valence-corrected chi connectivity index (χ4v) is 5.62. The lowest BCUT2D eigenvalue weighted by molar-refractivity contribution is -0.130. The van der Waals surface area contributed by atoms with Gasteiger partial charge in [0.25, 0.3) is 10.0 Å². The van der Waals surface area contributed by atoms with Gasteiger partial charge in [0.2, 0.25) is 5.91 Å². The van der Waals surface area contributed by atoms with Gasteiger partial charge >= 0.3 is 0 Å². The van der Waals surface area contributed by atoms with E-state index in [-0.39, 0.29) is 22.2 Å². The Morgan fingerprint density at radius 2 is 1.31 bits per heavy atom. The summed E-state index contributed by atoms with van der Waals surface area (Å²) < 4.78 is 40.0. The molecule has 4 aromatic carbocycles. The van der Waals surface area contributed by atoms with E-state index in [0.717, 1.165) is 21.0 Å². The minimum Gasteiger partial charge on any atom is -0.497 e. The predicted octanol–water partition coefficient (Wildman–Crippen LogP) is 5.44. The van der Waals surface area contributed by atoms with Crippen molar-refractivity contribution in [1.29, 1.82) is 0 Å². The highest BCUT2D eigenvalue weighted by atomic mass is 32.2. The number of aryl methyl sites for hydroxylation is 1. The zero-order chi connectivity index (χ0) is 27.8. The van der Waals surface area contributed by atoms with E-state index in [2.05, 4.69) is 0 Å². The number of nitrogens with zero attached hydrogens (tertiary/aromatic N) is 2. The molecule has 4 aromatic rings. The van der Waals surface area contributed by atoms with E-state index in [1.807, 2.05) is 67.6 Å². The SMILES string of the molecule is COc1ccc(N(CC(=O)N(Cc2ccccc2)Cc2ccccc2)S(=O)(=O)c2ccc(C)cc2)c(OC)c1. The van der Waals surface area contributed by atoms with Crippen molar-refractivity contribution in [3.05, 3.63) is 120 Å². The largest absolute Gasteiger partial charge is 0.497 e. The summed E-state index contributed by atoms with van der Waals surface area (Å²) in [4.78, 5) is 15.7. The van der Waals surface area contributed by atoms with Crippen molar-refractivity contribution >= 4 is 21.6 Å². The number of sulfonamides is 1. The molecular weight excluding hydrogens is 512 g/mol. The number of anilines is 1. The van der Waals surface area contributed by atoms with Crippen LogP contribution in [0.2, 0.25) is 0 Å². The molecule has 0 saturated carbocycles. The molecule has 0 radical (unpaired) electrons. The summed E-state index contributed by atoms with van der Waals surface area (Å²) in [5.74, 6) is 0.427. The van der Waals surface area contributed by atoms with Gasteiger partial charge in [-0.05, 0) is 42.3 Å². The molecule has 4 rings (SSSR count). The monoisotopic (exact) mass is 544 g/mol. The van der Waals surface area contributed by atoms with Gasteiger partial charge in [-0.3, -0.25) is 9.10 Å². The van der Waals surface area contributed by atoms with E-state index in [9.17, 15) is 13.2 Å². The van der Waals surface area contributed by atoms with Crippen LogP contribution in [0.15, 0.2) is 108 Å². The van der Waals surface area contributed by atoms with E-state index in [1.165, 1.54) is 14.2 Å². The fourth-order valence-electron chi connectivity index (χ4n) is 4.19. The molecule has 1 amide bonds. The van der Waals surface area contributed by atoms with Crippen LogP contribution in [0.1, 0.15) is 16.7 Å². The van der Waals surface area contributed by atoms with E-state index < -0.39 is 16.6 Å². The number of hydrogen-bond acceptors (Lipinski definition) is 5. The molecule has 0 saturated heterocycles. The van der Waals surface area contributed by atoms with Crippen molar-refractivity contribution in [1.82, 2.24) is 4.90 Å². The first-order valence-electron chi connectivity index (χ1n) is 12.5. The first-order valence-corrected chi connectivity index (χ1v) is 13.9. The minimum atomic E-state index is -4.13. The van der Waals surface area contributed by atoms with Gasteiger partial charge in [-0.1, -0.05) is 78.4 Å². The van der Waals surface area contributed by atoms with E-state index >= 15 is 0 Å². The smallest absolute Gasteiger partial charge is 0.264 e. The maximum absolute atomic E-state index is 14.0. The second-order valence-electron chi connectivity index (χ2n) is 9.08. The van der Waals surface area contributed by atoms with E-state index in [1.54, 1.807) is 47.4 Å². The summed E-state index contributed by atoms with van der Waals surface area (Å²) in [7, 11) is -1.16. The van der Waals surface area contributed by atoms with Crippen molar-refractivity contribution < 1.29 is 22.7 Å². The van der Waals surface area contributed by atoms with Gasteiger partial charge in [-0.15, -0.1) is 0 Å². The average Bonchev–Trinajstić information content (AvgIpc) is 2.96. The molecule has 0 aliphatic carbocycles. The van der Waals surface area contributed by atoms with Crippen LogP contribution in [0.3, 0.4) is 0 Å². The molecule has 202 valence electrons. The maximum atomic E-state index is 14.0. The number of methoxy groups -OCH3 is 2. The number of ether oxygens (including phenoxy) is 2. The zero-order valence-electron chi connectivity index (χ0n) is 22.3. The van der Waals surface area contributed by atoms with Crippen molar-refractivity contribution in [2.24, 2.45) is 0 Å². The third-order valence-corrected chi connectivity index (χ3v) is 8.10. The lowest BCUT2D eigenvalue weighted by Gasteiger charge is -2.29. The average molecular weight is 545 g/mol. The summed E-state index contributed by atoms with van der Waals surface area (Å²) >= 11 is 0. The molecule has 0 bridgehead atoms. The molecule has 0 unspecified atom stereocenters. The van der Waals surface area contributed by atoms with Gasteiger partial charge in [0.1, 0.15) is 18.0 Å². The maximum Gasteiger partial charge on any atom is 0.264 e. The highest BCUT2D eigenvalue weighted by molar-refractivity contribution is 7.92. The van der Waals surface area contributed by atoms with Crippen LogP contribution in [0.5, 0.6) is 11.5 Å². The molecule has 0 aliphatic rings. The molecular formula is C31H32N2O5S. The third kappa shape index (κ3) is 6.78. The Bertz CT molecular complexity index is 1450. The second kappa shape index (κ2) is 12.5. The van der Waals surface area contributed by atoms with Gasteiger partial charge in [-0.2, -0.15) is 0 Å². The molecule has 0 N–H and O–H groups in total. The van der Waals surface area contributed by atoms with Crippen LogP contribution in [-0.4, -0.2) is 40.0 Å². The van der Waals surface area contributed by atoms with Crippen molar-refractivity contribution in [2.45, 2.75) is 24.9 Å². The summed E-state index contributed by atoms with van der Waals surface area (Å²) in [6.07, 6.45) is 0. The fraction of sp³-hybridized carbons (Fsp3) is 0.194. The van der Waals surface area contributed by atoms with Crippen LogP contribution in [0.25, 0.3) is 0 Å².